The van der Waals surface area contributed by atoms with Crippen LogP contribution >= 0.6 is 0 Å². The fourth-order valence-corrected chi connectivity index (χ4v) is 14.9. The van der Waals surface area contributed by atoms with Crippen molar-refractivity contribution in [2.75, 3.05) is 92.2 Å². The number of ether oxygens (including phenoxy) is 9. The second kappa shape index (κ2) is 59.4. The van der Waals surface area contributed by atoms with E-state index in [9.17, 15) is 47.9 Å². The summed E-state index contributed by atoms with van der Waals surface area (Å²) in [5.74, 6) is 0.108. The van der Waals surface area contributed by atoms with Gasteiger partial charge in [-0.15, -0.1) is 0 Å². The minimum Gasteiger partial charge on any atom is -0.380 e. The third-order valence-electron chi connectivity index (χ3n) is 22.3. The van der Waals surface area contributed by atoms with Gasteiger partial charge in [-0.1, -0.05) is 121 Å². The van der Waals surface area contributed by atoms with Crippen LogP contribution in [0.2, 0.25) is 0 Å². The second-order valence-electron chi connectivity index (χ2n) is 31.8. The van der Waals surface area contributed by atoms with Crippen molar-refractivity contribution in [3.63, 3.8) is 0 Å². The Balaban J connectivity index is 1.54. The number of nitrogens with one attached hydrogen (secondary N) is 8. The van der Waals surface area contributed by atoms with Crippen LogP contribution in [0, 0.1) is 40.9 Å². The number of Topliss-reactive ketones (excluding diaryl/α,β-unsaturated/α-hetero) is 2. The van der Waals surface area contributed by atoms with Crippen molar-refractivity contribution in [2.24, 2.45) is 40.9 Å². The fraction of sp³-hybridized carbons (Fsp3) is 0.881. The van der Waals surface area contributed by atoms with Crippen molar-refractivity contribution in [3.8, 4) is 0 Å². The molecule has 0 saturated carbocycles. The van der Waals surface area contributed by atoms with Crippen molar-refractivity contribution in [3.05, 3.63) is 0 Å². The Bertz CT molecular complexity index is 2400. The van der Waals surface area contributed by atoms with Crippen LogP contribution in [0.3, 0.4) is 0 Å². The summed E-state index contributed by atoms with van der Waals surface area (Å²) < 4.78 is 55.9. The molecule has 27 heteroatoms. The standard InChI is InChI=1S/C84H152N8O19/c1-14-18-19-20-21-22-23-24-25-37-69(97)55-84(56-103-52-41-68(96)36-26-30-44-85-73(98)38-27-31-49-106-81-78(90-65(11)93)62(8)59(5)70(15-2)109-81,57-104-53-42-76(101)88-47-34-45-86-74(99)39-28-32-50-107-82-79(91-66(12)94)63(9)60(6)71(16-3)110-82)58-105-54-43-77(102)89-48-35-46-87-75(100)40-29-33-51-108-83-80(92-67(13)95)64(10)61(7)72(17-4)111-83/h59-64,70-72,78-83H,14-58H2,1-13H3,(H,85,98)(H,86,99)(H,87,100)(H,88,101)(H,89,102)(H,90,93)(H,91,94)(H,92,95)/t59-,60-,61-,62-,63-,64-,70?,71?,72?,78?,79?,80?,81+,82+,83+,84?/m0/s1. The third-order valence-corrected chi connectivity index (χ3v) is 22.3. The van der Waals surface area contributed by atoms with Crippen LogP contribution in [0.25, 0.3) is 0 Å². The Hall–Kier alpha value is -5.26. The highest BCUT2D eigenvalue weighted by atomic mass is 16.7. The summed E-state index contributed by atoms with van der Waals surface area (Å²) in [6.07, 6.45) is 18.6. The first-order valence-electron chi connectivity index (χ1n) is 43.0. The summed E-state index contributed by atoms with van der Waals surface area (Å²) in [5, 5.41) is 23.6. The maximum atomic E-state index is 14.1. The van der Waals surface area contributed by atoms with Crippen molar-refractivity contribution >= 4 is 58.8 Å². The van der Waals surface area contributed by atoms with Gasteiger partial charge in [-0.2, -0.15) is 0 Å². The van der Waals surface area contributed by atoms with E-state index < -0.39 is 24.3 Å². The predicted octanol–water partition coefficient (Wildman–Crippen LogP) is 10.5. The lowest BCUT2D eigenvalue weighted by molar-refractivity contribution is -0.236. The number of unbranched alkanes of at least 4 members (excludes halogenated alkanes) is 12. The van der Waals surface area contributed by atoms with Gasteiger partial charge in [0.2, 0.25) is 47.3 Å². The zero-order valence-corrected chi connectivity index (χ0v) is 70.7. The molecular formula is C84H152N8O19. The lowest BCUT2D eigenvalue weighted by Gasteiger charge is -2.44. The molecule has 3 aliphatic heterocycles. The van der Waals surface area contributed by atoms with Crippen LogP contribution in [-0.2, 0) is 90.6 Å². The molecule has 642 valence electrons. The number of carbonyl (C=O) groups is 10. The molecule has 3 rings (SSSR count). The zero-order chi connectivity index (χ0) is 81.8. The van der Waals surface area contributed by atoms with E-state index in [1.807, 2.05) is 0 Å². The normalized spacial score (nSPS) is 24.4. The predicted molar refractivity (Wildman–Crippen MR) is 427 cm³/mol. The molecule has 3 saturated heterocycles. The van der Waals surface area contributed by atoms with Gasteiger partial charge in [0.25, 0.3) is 0 Å². The van der Waals surface area contributed by atoms with E-state index in [0.29, 0.717) is 149 Å². The van der Waals surface area contributed by atoms with Crippen molar-refractivity contribution in [2.45, 2.75) is 344 Å². The molecule has 0 bridgehead atoms. The maximum Gasteiger partial charge on any atom is 0.222 e. The molecule has 8 amide bonds. The molecular weight excluding hydrogens is 1420 g/mol. The molecule has 0 aromatic heterocycles. The molecule has 27 nitrogen and oxygen atoms in total. The van der Waals surface area contributed by atoms with Gasteiger partial charge in [-0.05, 0) is 125 Å². The largest absolute Gasteiger partial charge is 0.380 e. The second-order valence-corrected chi connectivity index (χ2v) is 31.8. The van der Waals surface area contributed by atoms with E-state index in [0.717, 1.165) is 44.9 Å². The Labute approximate surface area is 666 Å². The van der Waals surface area contributed by atoms with Gasteiger partial charge in [0.15, 0.2) is 18.9 Å². The summed E-state index contributed by atoms with van der Waals surface area (Å²) in [5.41, 5.74) is -1.03. The van der Waals surface area contributed by atoms with E-state index in [1.165, 1.54) is 52.9 Å². The van der Waals surface area contributed by atoms with E-state index >= 15 is 0 Å². The van der Waals surface area contributed by atoms with Crippen molar-refractivity contribution in [1.29, 1.82) is 0 Å². The highest BCUT2D eigenvalue weighted by molar-refractivity contribution is 5.80. The highest BCUT2D eigenvalue weighted by Gasteiger charge is 2.45. The van der Waals surface area contributed by atoms with Crippen LogP contribution in [0.4, 0.5) is 0 Å². The van der Waals surface area contributed by atoms with E-state index in [4.69, 9.17) is 42.6 Å². The first-order valence-corrected chi connectivity index (χ1v) is 43.0. The molecule has 0 aliphatic carbocycles. The molecule has 6 unspecified atom stereocenters. The van der Waals surface area contributed by atoms with Gasteiger partial charge in [-0.25, -0.2) is 0 Å². The number of rotatable bonds is 64. The molecule has 0 radical (unpaired) electrons. The SMILES string of the molecule is CCCCCCCCCCCC(=O)CC(COCCC(=O)CCCCNC(=O)CCCCO[C@@H]1OC(CC)[C@@H](C)[C@H](C)C1NC(C)=O)(COCCC(=O)NCCCNC(=O)CCCCO[C@@H]1OC(CC)[C@@H](C)[C@H](C)C1NC(C)=O)COCCC(=O)NCCCNC(=O)CCCCO[C@@H]1OC(CC)[C@@H](C)[C@H](C)C1NC(C)=O. The quantitative estimate of drug-likeness (QED) is 0.0262. The average Bonchev–Trinajstić information content (AvgIpc) is 0.811. The minimum atomic E-state index is -1.03. The van der Waals surface area contributed by atoms with Crippen LogP contribution in [0.15, 0.2) is 0 Å². The summed E-state index contributed by atoms with van der Waals surface area (Å²) in [7, 11) is 0. The Morgan fingerprint density at radius 2 is 0.595 bits per heavy atom. The number of carbonyl (C=O) groups excluding carboxylic acids is 10. The van der Waals surface area contributed by atoms with Crippen molar-refractivity contribution in [1.82, 2.24) is 42.5 Å². The van der Waals surface area contributed by atoms with Gasteiger partial charge in [-0.3, -0.25) is 47.9 Å². The van der Waals surface area contributed by atoms with Gasteiger partial charge < -0.3 is 85.2 Å². The summed E-state index contributed by atoms with van der Waals surface area (Å²) in [6.45, 7) is 28.8. The smallest absolute Gasteiger partial charge is 0.222 e. The van der Waals surface area contributed by atoms with Gasteiger partial charge in [0.05, 0.1) is 76.1 Å². The fourth-order valence-electron chi connectivity index (χ4n) is 14.9. The van der Waals surface area contributed by atoms with Gasteiger partial charge >= 0.3 is 0 Å². The first-order chi connectivity index (χ1) is 53.3. The summed E-state index contributed by atoms with van der Waals surface area (Å²) in [6, 6.07) is -0.782. The van der Waals surface area contributed by atoms with Crippen LogP contribution < -0.4 is 42.5 Å². The molecule has 8 N–H and O–H groups in total. The Morgan fingerprint density at radius 3 is 0.928 bits per heavy atom. The number of amides is 8. The molecule has 0 aromatic carbocycles. The average molecular weight is 1580 g/mol. The monoisotopic (exact) mass is 1580 g/mol. The number of ketones is 2. The van der Waals surface area contributed by atoms with Gasteiger partial charge in [0, 0.05) is 137 Å². The maximum absolute atomic E-state index is 14.1. The Kier molecular flexibility index (Phi) is 53.5. The molecule has 3 aliphatic rings. The summed E-state index contributed by atoms with van der Waals surface area (Å²) in [4.78, 5) is 128. The zero-order valence-electron chi connectivity index (χ0n) is 70.7. The topological polar surface area (TPSA) is 350 Å². The Morgan fingerprint density at radius 1 is 0.306 bits per heavy atom. The minimum absolute atomic E-state index is 0.00493. The molecule has 3 heterocycles. The lowest BCUT2D eigenvalue weighted by Crippen LogP contribution is -2.57. The van der Waals surface area contributed by atoms with Crippen molar-refractivity contribution < 1.29 is 90.6 Å². The van der Waals surface area contributed by atoms with Crippen LogP contribution in [0.5, 0.6) is 0 Å². The molecule has 111 heavy (non-hydrogen) atoms. The molecule has 0 spiro atoms. The van der Waals surface area contributed by atoms with Crippen LogP contribution in [0.1, 0.15) is 289 Å². The third kappa shape index (κ3) is 42.8. The number of hydrogen-bond acceptors (Lipinski definition) is 19. The van der Waals surface area contributed by atoms with E-state index in [2.05, 4.69) is 112 Å². The number of hydrogen-bond donors (Lipinski definition) is 8. The van der Waals surface area contributed by atoms with E-state index in [-0.39, 0.29) is 196 Å². The molecule has 15 atom stereocenters. The first kappa shape index (κ1) is 99.9. The summed E-state index contributed by atoms with van der Waals surface area (Å²) >= 11 is 0. The van der Waals surface area contributed by atoms with Crippen LogP contribution in [-0.4, -0.2) is 206 Å². The molecule has 0 aromatic rings. The van der Waals surface area contributed by atoms with Gasteiger partial charge in [0.1, 0.15) is 11.6 Å². The molecule has 3 fully saturated rings. The lowest BCUT2D eigenvalue weighted by atomic mass is 9.81. The van der Waals surface area contributed by atoms with E-state index in [1.54, 1.807) is 0 Å². The highest BCUT2D eigenvalue weighted by Crippen LogP contribution is 2.36.